The Bertz CT molecular complexity index is 132. The van der Waals surface area contributed by atoms with Gasteiger partial charge in [0.05, 0.1) is 4.21 Å². The van der Waals surface area contributed by atoms with Gasteiger partial charge in [0.2, 0.25) is 0 Å². The first-order valence-corrected chi connectivity index (χ1v) is 4.46. The Hall–Kier alpha value is 0.0500. The minimum atomic E-state index is 1.18. The van der Waals surface area contributed by atoms with Crippen LogP contribution < -0.4 is 0 Å². The maximum absolute atomic E-state index is 2.17. The van der Waals surface area contributed by atoms with Crippen LogP contribution in [0.3, 0.4) is 0 Å². The normalized spacial score (nSPS) is 9.62. The zero-order valence-corrected chi connectivity index (χ0v) is 6.39. The molecule has 0 aliphatic heterocycles. The van der Waals surface area contributed by atoms with Gasteiger partial charge in [-0.15, -0.1) is 23.1 Å². The van der Waals surface area contributed by atoms with Crippen LogP contribution in [0.25, 0.3) is 0 Å². The standard InChI is InChI=1S/C6H8S2/c1-2-7-6-4-3-5-8-6/h3-5H,2H2,1H3. The largest absolute Gasteiger partial charge is 0.137 e. The van der Waals surface area contributed by atoms with E-state index in [2.05, 4.69) is 24.4 Å². The predicted octanol–water partition coefficient (Wildman–Crippen LogP) is 2.86. The summed E-state index contributed by atoms with van der Waals surface area (Å²) in [5.41, 5.74) is 0. The van der Waals surface area contributed by atoms with Crippen LogP contribution in [0.2, 0.25) is 0 Å². The van der Waals surface area contributed by atoms with Gasteiger partial charge in [0.1, 0.15) is 0 Å². The van der Waals surface area contributed by atoms with Crippen molar-refractivity contribution in [3.63, 3.8) is 0 Å². The van der Waals surface area contributed by atoms with Gasteiger partial charge >= 0.3 is 0 Å². The molecule has 0 saturated heterocycles. The minimum Gasteiger partial charge on any atom is -0.137 e. The van der Waals surface area contributed by atoms with E-state index in [9.17, 15) is 0 Å². The Morgan fingerprint density at radius 3 is 3.12 bits per heavy atom. The van der Waals surface area contributed by atoms with Gasteiger partial charge in [-0.25, -0.2) is 0 Å². The topological polar surface area (TPSA) is 0 Å². The number of hydrogen-bond donors (Lipinski definition) is 0. The highest BCUT2D eigenvalue weighted by atomic mass is 32.2. The molecule has 2 heteroatoms. The lowest BCUT2D eigenvalue weighted by molar-refractivity contribution is 1.51. The van der Waals surface area contributed by atoms with E-state index in [1.807, 2.05) is 23.1 Å². The molecule has 0 aliphatic rings. The summed E-state index contributed by atoms with van der Waals surface area (Å²) in [5, 5.41) is 2.11. The summed E-state index contributed by atoms with van der Waals surface area (Å²) in [5.74, 6) is 1.18. The zero-order chi connectivity index (χ0) is 5.82. The van der Waals surface area contributed by atoms with Crippen molar-refractivity contribution in [2.45, 2.75) is 11.1 Å². The van der Waals surface area contributed by atoms with Crippen molar-refractivity contribution in [2.75, 3.05) is 5.75 Å². The Morgan fingerprint density at radius 1 is 1.75 bits per heavy atom. The monoisotopic (exact) mass is 144 g/mol. The molecule has 0 bridgehead atoms. The molecule has 44 valence electrons. The first-order valence-electron chi connectivity index (χ1n) is 2.60. The van der Waals surface area contributed by atoms with E-state index in [0.29, 0.717) is 0 Å². The van der Waals surface area contributed by atoms with Crippen molar-refractivity contribution in [1.82, 2.24) is 0 Å². The Kier molecular flexibility index (Phi) is 2.43. The summed E-state index contributed by atoms with van der Waals surface area (Å²) in [6.45, 7) is 2.17. The van der Waals surface area contributed by atoms with Crippen molar-refractivity contribution in [2.24, 2.45) is 0 Å². The number of thiophene rings is 1. The maximum atomic E-state index is 2.17. The third-order valence-corrected chi connectivity index (χ3v) is 2.79. The van der Waals surface area contributed by atoms with Gasteiger partial charge in [0.15, 0.2) is 0 Å². The van der Waals surface area contributed by atoms with Crippen molar-refractivity contribution < 1.29 is 0 Å². The van der Waals surface area contributed by atoms with Crippen molar-refractivity contribution in [1.29, 1.82) is 0 Å². The van der Waals surface area contributed by atoms with Crippen LogP contribution in [0.4, 0.5) is 0 Å². The van der Waals surface area contributed by atoms with Crippen LogP contribution in [0.1, 0.15) is 6.92 Å². The molecule has 0 saturated carbocycles. The summed E-state index contributed by atoms with van der Waals surface area (Å²) in [7, 11) is 0. The van der Waals surface area contributed by atoms with Crippen LogP contribution in [0.15, 0.2) is 21.7 Å². The summed E-state index contributed by atoms with van der Waals surface area (Å²) < 4.78 is 1.42. The fourth-order valence-electron chi connectivity index (χ4n) is 0.488. The third kappa shape index (κ3) is 1.53. The molecule has 0 atom stereocenters. The highest BCUT2D eigenvalue weighted by Gasteiger charge is 1.87. The van der Waals surface area contributed by atoms with Crippen LogP contribution >= 0.6 is 23.1 Å². The van der Waals surface area contributed by atoms with Crippen LogP contribution in [-0.2, 0) is 0 Å². The second-order valence-electron chi connectivity index (χ2n) is 1.37. The molecule has 1 rings (SSSR count). The number of rotatable bonds is 2. The molecule has 1 aromatic heterocycles. The minimum absolute atomic E-state index is 1.18. The average Bonchev–Trinajstić information content (AvgIpc) is 2.19. The number of thioether (sulfide) groups is 1. The summed E-state index contributed by atoms with van der Waals surface area (Å²) in [4.78, 5) is 0. The molecule has 0 amide bonds. The molecular weight excluding hydrogens is 136 g/mol. The number of hydrogen-bond acceptors (Lipinski definition) is 2. The fraction of sp³-hybridized carbons (Fsp3) is 0.333. The van der Waals surface area contributed by atoms with Crippen molar-refractivity contribution >= 4 is 23.1 Å². The molecule has 1 aromatic rings. The Balaban J connectivity index is 2.50. The van der Waals surface area contributed by atoms with Crippen LogP contribution in [0, 0.1) is 0 Å². The average molecular weight is 144 g/mol. The van der Waals surface area contributed by atoms with Gasteiger partial charge in [-0.05, 0) is 17.2 Å². The zero-order valence-electron chi connectivity index (χ0n) is 4.76. The molecule has 8 heavy (non-hydrogen) atoms. The van der Waals surface area contributed by atoms with Gasteiger partial charge in [-0.3, -0.25) is 0 Å². The van der Waals surface area contributed by atoms with Gasteiger partial charge in [-0.2, -0.15) is 0 Å². The lowest BCUT2D eigenvalue weighted by atomic mass is 10.7. The molecule has 0 N–H and O–H groups in total. The van der Waals surface area contributed by atoms with E-state index >= 15 is 0 Å². The van der Waals surface area contributed by atoms with E-state index in [1.165, 1.54) is 9.96 Å². The molecule has 0 radical (unpaired) electrons. The molecule has 0 nitrogen and oxygen atoms in total. The van der Waals surface area contributed by atoms with E-state index in [-0.39, 0.29) is 0 Å². The highest BCUT2D eigenvalue weighted by Crippen LogP contribution is 2.22. The first-order chi connectivity index (χ1) is 3.93. The summed E-state index contributed by atoms with van der Waals surface area (Å²) in [6, 6.07) is 4.24. The van der Waals surface area contributed by atoms with E-state index in [0.717, 1.165) is 0 Å². The maximum Gasteiger partial charge on any atom is 0.0598 e. The molecule has 0 fully saturated rings. The molecule has 0 unspecified atom stereocenters. The molecule has 1 heterocycles. The van der Waals surface area contributed by atoms with E-state index < -0.39 is 0 Å². The predicted molar refractivity (Wildman–Crippen MR) is 40.7 cm³/mol. The van der Waals surface area contributed by atoms with Gasteiger partial charge in [0, 0.05) is 0 Å². The molecular formula is C6H8S2. The van der Waals surface area contributed by atoms with Gasteiger partial charge < -0.3 is 0 Å². The Labute approximate surface area is 57.9 Å². The van der Waals surface area contributed by atoms with Gasteiger partial charge in [-0.1, -0.05) is 13.0 Å². The second kappa shape index (κ2) is 3.15. The second-order valence-corrected chi connectivity index (χ2v) is 3.88. The van der Waals surface area contributed by atoms with Crippen molar-refractivity contribution in [3.05, 3.63) is 17.5 Å². The molecule has 0 spiro atoms. The quantitative estimate of drug-likeness (QED) is 0.575. The van der Waals surface area contributed by atoms with Gasteiger partial charge in [0.25, 0.3) is 0 Å². The van der Waals surface area contributed by atoms with Crippen LogP contribution in [-0.4, -0.2) is 5.75 Å². The third-order valence-electron chi connectivity index (χ3n) is 0.782. The lowest BCUT2D eigenvalue weighted by Gasteiger charge is -1.85. The fourth-order valence-corrected chi connectivity index (χ4v) is 2.19. The molecule has 0 aliphatic carbocycles. The first kappa shape index (κ1) is 6.17. The Morgan fingerprint density at radius 2 is 2.62 bits per heavy atom. The summed E-state index contributed by atoms with van der Waals surface area (Å²) >= 11 is 3.71. The van der Waals surface area contributed by atoms with E-state index in [4.69, 9.17) is 0 Å². The molecule has 0 aromatic carbocycles. The van der Waals surface area contributed by atoms with E-state index in [1.54, 1.807) is 0 Å². The van der Waals surface area contributed by atoms with Crippen molar-refractivity contribution in [3.8, 4) is 0 Å². The lowest BCUT2D eigenvalue weighted by Crippen LogP contribution is -1.59. The highest BCUT2D eigenvalue weighted by molar-refractivity contribution is 8.01. The van der Waals surface area contributed by atoms with Crippen LogP contribution in [0.5, 0.6) is 0 Å². The SMILES string of the molecule is CCSc1cccs1. The smallest absolute Gasteiger partial charge is 0.0598 e. The summed E-state index contributed by atoms with van der Waals surface area (Å²) in [6.07, 6.45) is 0.